The minimum atomic E-state index is -0.285. The number of carbonyl (C=O) groups excluding carboxylic acids is 1. The highest BCUT2D eigenvalue weighted by atomic mass is 16.5. The zero-order valence-electron chi connectivity index (χ0n) is 17.8. The minimum Gasteiger partial charge on any atom is -0.426 e. The van der Waals surface area contributed by atoms with Gasteiger partial charge in [-0.3, -0.25) is 9.36 Å². The number of nitrogens with one attached hydrogen (secondary N) is 1. The van der Waals surface area contributed by atoms with Gasteiger partial charge < -0.3 is 20.1 Å². The van der Waals surface area contributed by atoms with Gasteiger partial charge in [0.1, 0.15) is 5.76 Å². The Balaban J connectivity index is 2.59. The fraction of sp³-hybridized carbons (Fsp3) is 0.364. The van der Waals surface area contributed by atoms with Crippen LogP contribution in [0.2, 0.25) is 0 Å². The first-order valence-electron chi connectivity index (χ1n) is 9.48. The molecule has 0 spiro atoms. The molecule has 2 aromatic rings. The predicted molar refractivity (Wildman–Crippen MR) is 115 cm³/mol. The van der Waals surface area contributed by atoms with Crippen LogP contribution in [0, 0.1) is 6.92 Å². The summed E-state index contributed by atoms with van der Waals surface area (Å²) in [6, 6.07) is 8.33. The molecule has 0 atom stereocenters. The van der Waals surface area contributed by atoms with Crippen molar-refractivity contribution >= 4 is 11.7 Å². The number of carbonyl (C=O) groups is 1. The Kier molecular flexibility index (Phi) is 7.61. The van der Waals surface area contributed by atoms with Crippen molar-refractivity contribution < 1.29 is 14.6 Å². The molecule has 7 nitrogen and oxygen atoms in total. The Morgan fingerprint density at radius 3 is 2.55 bits per heavy atom. The summed E-state index contributed by atoms with van der Waals surface area (Å²) in [5.41, 5.74) is 3.56. The van der Waals surface area contributed by atoms with Crippen molar-refractivity contribution in [2.24, 2.45) is 0 Å². The molecule has 0 saturated carbocycles. The highest BCUT2D eigenvalue weighted by molar-refractivity contribution is 5.97. The molecule has 2 N–H and O–H groups in total. The second kappa shape index (κ2) is 9.93. The van der Waals surface area contributed by atoms with Crippen molar-refractivity contribution in [3.05, 3.63) is 65.1 Å². The molecule has 1 aromatic heterocycles. The summed E-state index contributed by atoms with van der Waals surface area (Å²) in [7, 11) is 3.35. The fourth-order valence-electron chi connectivity index (χ4n) is 2.85. The van der Waals surface area contributed by atoms with Crippen LogP contribution in [-0.2, 0) is 6.54 Å². The number of imidazole rings is 1. The number of aliphatic hydroxyl groups is 1. The average molecular weight is 399 g/mol. The third-order valence-corrected chi connectivity index (χ3v) is 4.29. The van der Waals surface area contributed by atoms with E-state index >= 15 is 0 Å². The van der Waals surface area contributed by atoms with Gasteiger partial charge in [0.15, 0.2) is 11.5 Å². The molecular weight excluding hydrogens is 368 g/mol. The Hall–Kier alpha value is -3.06. The number of ether oxygens (including phenoxy) is 1. The van der Waals surface area contributed by atoms with E-state index in [0.29, 0.717) is 30.4 Å². The maximum atomic E-state index is 12.7. The molecule has 1 aromatic carbocycles. The lowest BCUT2D eigenvalue weighted by Gasteiger charge is -2.17. The van der Waals surface area contributed by atoms with Crippen molar-refractivity contribution in [2.45, 2.75) is 27.3 Å². The van der Waals surface area contributed by atoms with Crippen LogP contribution < -0.4 is 15.0 Å². The molecule has 0 aliphatic carbocycles. The topological polar surface area (TPSA) is 79.6 Å². The van der Waals surface area contributed by atoms with Crippen LogP contribution in [0.1, 0.15) is 35.5 Å². The fourth-order valence-corrected chi connectivity index (χ4v) is 2.85. The molecule has 156 valence electrons. The molecule has 0 bridgehead atoms. The van der Waals surface area contributed by atoms with Gasteiger partial charge in [-0.2, -0.15) is 4.98 Å². The van der Waals surface area contributed by atoms with Crippen molar-refractivity contribution in [1.82, 2.24) is 14.9 Å². The van der Waals surface area contributed by atoms with Crippen molar-refractivity contribution in [2.75, 3.05) is 32.1 Å². The minimum absolute atomic E-state index is 0.0603. The van der Waals surface area contributed by atoms with E-state index in [9.17, 15) is 9.90 Å². The monoisotopic (exact) mass is 398 g/mol. The van der Waals surface area contributed by atoms with Crippen LogP contribution in [0.3, 0.4) is 0 Å². The number of amides is 1. The zero-order chi connectivity index (χ0) is 21.6. The van der Waals surface area contributed by atoms with E-state index in [1.165, 1.54) is 0 Å². The molecule has 0 radical (unpaired) electrons. The first-order chi connectivity index (χ1) is 13.8. The van der Waals surface area contributed by atoms with Crippen LogP contribution in [0.5, 0.6) is 6.01 Å². The molecular formula is C22H30N4O3. The number of aryl methyl sites for hydroxylation is 1. The van der Waals surface area contributed by atoms with E-state index in [4.69, 9.17) is 4.74 Å². The maximum absolute atomic E-state index is 12.7. The standard InChI is InChI=1S/C22H30N4O3/c1-15(2)13-17(4)29-22-24-20(25(6)11-12-27)19(21(28)23-5)26(22)14-18-9-7-16(3)8-10-18/h7-10,13,27H,4,11-12,14H2,1-3,5-6H3,(H,23,28). The normalized spacial score (nSPS) is 10.4. The summed E-state index contributed by atoms with van der Waals surface area (Å²) < 4.78 is 7.64. The summed E-state index contributed by atoms with van der Waals surface area (Å²) >= 11 is 0. The van der Waals surface area contributed by atoms with Crippen LogP contribution in [-0.4, -0.2) is 47.8 Å². The highest BCUT2D eigenvalue weighted by Gasteiger charge is 2.26. The third-order valence-electron chi connectivity index (χ3n) is 4.29. The van der Waals surface area contributed by atoms with Gasteiger partial charge in [-0.15, -0.1) is 0 Å². The van der Waals surface area contributed by atoms with Crippen molar-refractivity contribution in [1.29, 1.82) is 0 Å². The number of anilines is 1. The van der Waals surface area contributed by atoms with Gasteiger partial charge in [0.05, 0.1) is 13.2 Å². The lowest BCUT2D eigenvalue weighted by molar-refractivity contribution is 0.0953. The van der Waals surface area contributed by atoms with Gasteiger partial charge in [0.2, 0.25) is 0 Å². The summed E-state index contributed by atoms with van der Waals surface area (Å²) in [6.07, 6.45) is 1.81. The van der Waals surface area contributed by atoms with Crippen molar-refractivity contribution in [3.8, 4) is 6.01 Å². The van der Waals surface area contributed by atoms with E-state index in [-0.39, 0.29) is 18.5 Å². The second-order valence-electron chi connectivity index (χ2n) is 7.15. The SMILES string of the molecule is C=C(C=C(C)C)Oc1nc(N(C)CCO)c(C(=O)NC)n1Cc1ccc(C)cc1. The second-order valence-corrected chi connectivity index (χ2v) is 7.15. The van der Waals surface area contributed by atoms with Crippen LogP contribution in [0.4, 0.5) is 5.82 Å². The maximum Gasteiger partial charge on any atom is 0.304 e. The average Bonchev–Trinajstić information content (AvgIpc) is 3.00. The summed E-state index contributed by atoms with van der Waals surface area (Å²) in [6.45, 7) is 10.5. The number of hydrogen-bond acceptors (Lipinski definition) is 5. The first-order valence-corrected chi connectivity index (χ1v) is 9.48. The molecule has 2 rings (SSSR count). The Morgan fingerprint density at radius 2 is 2.00 bits per heavy atom. The van der Waals surface area contributed by atoms with E-state index in [0.717, 1.165) is 16.7 Å². The highest BCUT2D eigenvalue weighted by Crippen LogP contribution is 2.28. The number of hydrogen-bond donors (Lipinski definition) is 2. The quantitative estimate of drug-likeness (QED) is 0.502. The van der Waals surface area contributed by atoms with Gasteiger partial charge in [0, 0.05) is 20.6 Å². The Morgan fingerprint density at radius 1 is 1.34 bits per heavy atom. The van der Waals surface area contributed by atoms with Crippen molar-refractivity contribution in [3.63, 3.8) is 0 Å². The number of allylic oxidation sites excluding steroid dienone is 2. The smallest absolute Gasteiger partial charge is 0.304 e. The van der Waals surface area contributed by atoms with E-state index in [1.807, 2.05) is 51.1 Å². The van der Waals surface area contributed by atoms with Gasteiger partial charge in [-0.05, 0) is 32.4 Å². The predicted octanol–water partition coefficient (Wildman–Crippen LogP) is 2.89. The molecule has 29 heavy (non-hydrogen) atoms. The van der Waals surface area contributed by atoms with E-state index in [2.05, 4.69) is 16.9 Å². The third kappa shape index (κ3) is 5.71. The summed E-state index contributed by atoms with van der Waals surface area (Å²) in [5.74, 6) is 0.581. The van der Waals surface area contributed by atoms with E-state index < -0.39 is 0 Å². The zero-order valence-corrected chi connectivity index (χ0v) is 17.8. The van der Waals surface area contributed by atoms with E-state index in [1.54, 1.807) is 23.6 Å². The number of nitrogens with zero attached hydrogens (tertiary/aromatic N) is 3. The van der Waals surface area contributed by atoms with Crippen LogP contribution >= 0.6 is 0 Å². The Labute approximate surface area is 172 Å². The molecule has 0 unspecified atom stereocenters. The molecule has 1 heterocycles. The number of benzene rings is 1. The summed E-state index contributed by atoms with van der Waals surface area (Å²) in [4.78, 5) is 19.0. The van der Waals surface area contributed by atoms with Gasteiger partial charge in [0.25, 0.3) is 5.91 Å². The molecule has 0 saturated heterocycles. The Bertz CT molecular complexity index is 894. The molecule has 1 amide bonds. The van der Waals surface area contributed by atoms with Crippen LogP contribution in [0.15, 0.2) is 48.3 Å². The summed E-state index contributed by atoms with van der Waals surface area (Å²) in [5, 5.41) is 12.0. The number of aromatic nitrogens is 2. The molecule has 0 fully saturated rings. The molecule has 0 aliphatic rings. The largest absolute Gasteiger partial charge is 0.426 e. The van der Waals surface area contributed by atoms with Gasteiger partial charge >= 0.3 is 6.01 Å². The van der Waals surface area contributed by atoms with Gasteiger partial charge in [-0.1, -0.05) is 42.0 Å². The number of rotatable bonds is 9. The molecule has 0 aliphatic heterocycles. The van der Waals surface area contributed by atoms with Gasteiger partial charge in [-0.25, -0.2) is 0 Å². The lowest BCUT2D eigenvalue weighted by Crippen LogP contribution is -2.28. The molecule has 7 heteroatoms. The first kappa shape index (κ1) is 22.2. The number of likely N-dealkylation sites (N-methyl/N-ethyl adjacent to an activating group) is 1. The van der Waals surface area contributed by atoms with Crippen LogP contribution in [0.25, 0.3) is 0 Å². The lowest BCUT2D eigenvalue weighted by atomic mass is 10.1. The number of aliphatic hydroxyl groups excluding tert-OH is 1.